The van der Waals surface area contributed by atoms with Gasteiger partial charge in [-0.1, -0.05) is 12.1 Å². The summed E-state index contributed by atoms with van der Waals surface area (Å²) in [5.41, 5.74) is -1.37. The first-order chi connectivity index (χ1) is 19.5. The third kappa shape index (κ3) is 4.26. The molecular weight excluding hydrogens is 542 g/mol. The monoisotopic (exact) mass is 571 g/mol. The summed E-state index contributed by atoms with van der Waals surface area (Å²) in [5.74, 6) is -0.121. The largest absolute Gasteiger partial charge is 0.416 e. The van der Waals surface area contributed by atoms with Crippen LogP contribution in [0.15, 0.2) is 42.7 Å². The maximum atomic E-state index is 15.8. The van der Waals surface area contributed by atoms with Gasteiger partial charge in [-0.3, -0.25) is 9.69 Å². The van der Waals surface area contributed by atoms with E-state index < -0.39 is 34.8 Å². The molecule has 41 heavy (non-hydrogen) atoms. The number of likely N-dealkylation sites (tertiary alicyclic amines) is 1. The molecule has 12 heteroatoms. The molecule has 8 nitrogen and oxygen atoms in total. The lowest BCUT2D eigenvalue weighted by Crippen LogP contribution is -2.62. The molecular formula is C29H29F4N5O3. The highest BCUT2D eigenvalue weighted by Gasteiger charge is 2.52. The average Bonchev–Trinajstić information content (AvgIpc) is 3.58. The van der Waals surface area contributed by atoms with Gasteiger partial charge >= 0.3 is 6.18 Å². The van der Waals surface area contributed by atoms with Crippen LogP contribution < -0.4 is 4.90 Å². The Morgan fingerprint density at radius 3 is 2.54 bits per heavy atom. The van der Waals surface area contributed by atoms with Gasteiger partial charge in [-0.15, -0.1) is 10.2 Å². The molecule has 1 aromatic heterocycles. The lowest BCUT2D eigenvalue weighted by atomic mass is 9.74. The molecule has 0 unspecified atom stereocenters. The summed E-state index contributed by atoms with van der Waals surface area (Å²) >= 11 is 0. The predicted molar refractivity (Wildman–Crippen MR) is 139 cm³/mol. The summed E-state index contributed by atoms with van der Waals surface area (Å²) in [5, 5.41) is 18.3. The number of nitrogens with zero attached hydrogens (tertiary/aromatic N) is 5. The van der Waals surface area contributed by atoms with Crippen LogP contribution in [0.3, 0.4) is 0 Å². The lowest BCUT2D eigenvalue weighted by molar-refractivity contribution is -0.138. The van der Waals surface area contributed by atoms with Crippen LogP contribution in [0.4, 0.5) is 23.2 Å². The first-order valence-corrected chi connectivity index (χ1v) is 13.6. The Morgan fingerprint density at radius 1 is 1.17 bits per heavy atom. The van der Waals surface area contributed by atoms with Gasteiger partial charge in [0.2, 0.25) is 0 Å². The van der Waals surface area contributed by atoms with Crippen LogP contribution >= 0.6 is 0 Å². The number of aromatic nitrogens is 3. The fourth-order valence-electron chi connectivity index (χ4n) is 6.53. The van der Waals surface area contributed by atoms with E-state index in [1.807, 2.05) is 4.90 Å². The first kappa shape index (κ1) is 26.5. The normalized spacial score (nSPS) is 22.3. The number of β-amino-alcohol motifs (C(OH)–C–C–N with tert-alkyl or cyclic N) is 1. The Kier molecular flexibility index (Phi) is 5.87. The SMILES string of the molecule is Cn1cnnc1[C@@H](F)C1(c2cccc(N3Cc4c(cc(CN5CC(O)(C6CC6)C5)cc4C(F)(F)F)C3=O)c2)COC1. The number of rotatable bonds is 7. The van der Waals surface area contributed by atoms with Crippen LogP contribution in [0.25, 0.3) is 0 Å². The fourth-order valence-corrected chi connectivity index (χ4v) is 6.53. The second-order valence-corrected chi connectivity index (χ2v) is 11.9. The van der Waals surface area contributed by atoms with Gasteiger partial charge in [0.25, 0.3) is 5.91 Å². The highest BCUT2D eigenvalue weighted by molar-refractivity contribution is 6.10. The van der Waals surface area contributed by atoms with Crippen molar-refractivity contribution in [2.24, 2.45) is 13.0 Å². The second kappa shape index (κ2) is 9.07. The van der Waals surface area contributed by atoms with Crippen molar-refractivity contribution < 1.29 is 32.2 Å². The molecule has 7 rings (SSSR count). The number of amides is 1. The van der Waals surface area contributed by atoms with Crippen molar-refractivity contribution in [3.63, 3.8) is 0 Å². The maximum absolute atomic E-state index is 15.8. The van der Waals surface area contributed by atoms with Crippen LogP contribution in [-0.2, 0) is 36.5 Å². The number of hydrogen-bond acceptors (Lipinski definition) is 6. The highest BCUT2D eigenvalue weighted by Crippen LogP contribution is 2.47. The van der Waals surface area contributed by atoms with E-state index >= 15 is 4.39 Å². The number of ether oxygens (including phenoxy) is 1. The molecule has 216 valence electrons. The number of benzene rings is 2. The fraction of sp³-hybridized carbons (Fsp3) is 0.483. The third-order valence-corrected chi connectivity index (χ3v) is 9.06. The molecule has 0 spiro atoms. The first-order valence-electron chi connectivity index (χ1n) is 13.6. The third-order valence-electron chi connectivity index (χ3n) is 9.06. The van der Waals surface area contributed by atoms with Crippen molar-refractivity contribution in [3.8, 4) is 0 Å². The summed E-state index contributed by atoms with van der Waals surface area (Å²) in [6.07, 6.45) is -2.81. The number of fused-ring (bicyclic) bond motifs is 1. The topological polar surface area (TPSA) is 83.7 Å². The Morgan fingerprint density at radius 2 is 1.93 bits per heavy atom. The molecule has 0 bridgehead atoms. The van der Waals surface area contributed by atoms with Crippen molar-refractivity contribution in [2.75, 3.05) is 31.2 Å². The lowest BCUT2D eigenvalue weighted by Gasteiger charge is -2.47. The molecule has 3 fully saturated rings. The van der Waals surface area contributed by atoms with Crippen LogP contribution in [0.2, 0.25) is 0 Å². The Hall–Kier alpha value is -3.35. The van der Waals surface area contributed by atoms with Crippen molar-refractivity contribution in [2.45, 2.75) is 49.3 Å². The highest BCUT2D eigenvalue weighted by atomic mass is 19.4. The Bertz CT molecular complexity index is 1520. The molecule has 1 aliphatic carbocycles. The maximum Gasteiger partial charge on any atom is 0.416 e. The van der Waals surface area contributed by atoms with E-state index in [9.17, 15) is 23.1 Å². The molecule has 1 N–H and O–H groups in total. The average molecular weight is 572 g/mol. The molecule has 0 radical (unpaired) electrons. The van der Waals surface area contributed by atoms with Gasteiger partial charge in [0.05, 0.1) is 36.3 Å². The molecule has 2 aromatic carbocycles. The number of hydrogen-bond donors (Lipinski definition) is 1. The molecule has 2 saturated heterocycles. The number of halogens is 4. The summed E-state index contributed by atoms with van der Waals surface area (Å²) in [6.45, 7) is 0.982. The van der Waals surface area contributed by atoms with Crippen molar-refractivity contribution in [1.29, 1.82) is 0 Å². The minimum atomic E-state index is -4.65. The molecule has 3 aliphatic heterocycles. The van der Waals surface area contributed by atoms with Crippen LogP contribution in [0.1, 0.15) is 57.4 Å². The molecule has 4 aliphatic rings. The van der Waals surface area contributed by atoms with Gasteiger partial charge in [0.15, 0.2) is 12.0 Å². The van der Waals surface area contributed by atoms with Gasteiger partial charge in [0.1, 0.15) is 6.33 Å². The van der Waals surface area contributed by atoms with Gasteiger partial charge in [-0.05, 0) is 59.7 Å². The zero-order valence-electron chi connectivity index (χ0n) is 22.4. The van der Waals surface area contributed by atoms with Gasteiger partial charge in [-0.25, -0.2) is 4.39 Å². The minimum absolute atomic E-state index is 0.0161. The second-order valence-electron chi connectivity index (χ2n) is 11.9. The van der Waals surface area contributed by atoms with E-state index in [4.69, 9.17) is 4.74 Å². The van der Waals surface area contributed by atoms with Crippen molar-refractivity contribution in [3.05, 3.63) is 76.4 Å². The van der Waals surface area contributed by atoms with Gasteiger partial charge in [0, 0.05) is 37.9 Å². The zero-order chi connectivity index (χ0) is 28.7. The summed E-state index contributed by atoms with van der Waals surface area (Å²) < 4.78 is 65.4. The molecule has 1 amide bonds. The summed E-state index contributed by atoms with van der Waals surface area (Å²) in [6, 6.07) is 9.36. The van der Waals surface area contributed by atoms with E-state index in [1.165, 1.54) is 21.9 Å². The Balaban J connectivity index is 1.18. The quantitative estimate of drug-likeness (QED) is 0.433. The van der Waals surface area contributed by atoms with E-state index in [-0.39, 0.29) is 49.2 Å². The van der Waals surface area contributed by atoms with Crippen LogP contribution in [0.5, 0.6) is 0 Å². The standard InChI is InChI=1S/C29H29F4N5O3/c1-36-16-34-35-25(36)24(30)27(14-41-15-27)19-3-2-4-20(9-19)38-11-22-21(26(38)39)7-17(8-23(22)29(31,32)33)10-37-12-28(40,13-37)18-5-6-18/h2-4,7-9,16,18,24,40H,5-6,10-15H2,1H3/t24-/m1/s1. The number of aryl methyl sites for hydroxylation is 1. The molecule has 1 atom stereocenters. The Labute approximate surface area is 233 Å². The summed E-state index contributed by atoms with van der Waals surface area (Å²) in [7, 11) is 1.65. The van der Waals surface area contributed by atoms with Crippen LogP contribution in [0, 0.1) is 5.92 Å². The number of aliphatic hydroxyl groups is 1. The zero-order valence-corrected chi connectivity index (χ0v) is 22.4. The number of anilines is 1. The van der Waals surface area contributed by atoms with E-state index in [2.05, 4.69) is 10.2 Å². The van der Waals surface area contributed by atoms with E-state index in [0.29, 0.717) is 29.9 Å². The molecule has 3 aromatic rings. The smallest absolute Gasteiger partial charge is 0.387 e. The summed E-state index contributed by atoms with van der Waals surface area (Å²) in [4.78, 5) is 16.8. The van der Waals surface area contributed by atoms with Crippen molar-refractivity contribution in [1.82, 2.24) is 19.7 Å². The van der Waals surface area contributed by atoms with Crippen LogP contribution in [-0.4, -0.2) is 62.6 Å². The van der Waals surface area contributed by atoms with E-state index in [0.717, 1.165) is 18.9 Å². The van der Waals surface area contributed by atoms with Gasteiger partial charge < -0.3 is 19.3 Å². The minimum Gasteiger partial charge on any atom is -0.387 e. The molecule has 4 heterocycles. The van der Waals surface area contributed by atoms with E-state index in [1.54, 1.807) is 31.3 Å². The van der Waals surface area contributed by atoms with Crippen molar-refractivity contribution >= 4 is 11.6 Å². The number of carbonyl (C=O) groups is 1. The number of carbonyl (C=O) groups excluding carboxylic acids is 1. The number of alkyl halides is 4. The predicted octanol–water partition coefficient (Wildman–Crippen LogP) is 3.93. The van der Waals surface area contributed by atoms with Gasteiger partial charge in [-0.2, -0.15) is 13.2 Å². The molecule has 1 saturated carbocycles.